The van der Waals surface area contributed by atoms with Gasteiger partial charge in [-0.25, -0.2) is 9.48 Å². The molecule has 0 aliphatic heterocycles. The molecular weight excluding hydrogens is 750 g/mol. The molecule has 266 valence electrons. The Morgan fingerprint density at radius 3 is 2.10 bits per heavy atom. The maximum Gasteiger partial charge on any atom is 0.442 e. The number of hydrogen-bond donors (Lipinski definition) is 0. The maximum atomic E-state index is 13.0. The fraction of sp³-hybridized carbons (Fsp3) is 0.294. The van der Waals surface area contributed by atoms with Gasteiger partial charge in [-0.1, -0.05) is 84.9 Å². The first-order valence-corrected chi connectivity index (χ1v) is 17.9. The first-order chi connectivity index (χ1) is 23.2. The Kier molecular flexibility index (Phi) is 11.9. The number of ketones is 1. The van der Waals surface area contributed by atoms with Gasteiger partial charge in [-0.3, -0.25) is 4.79 Å². The number of ether oxygens (including phenoxy) is 1. The minimum Gasteiger partial charge on any atom is -0.489 e. The molecule has 11 nitrogen and oxygen atoms in total. The number of nitrogens with zero attached hydrogens (tertiary/aromatic N) is 4. The highest BCUT2D eigenvalue weighted by molar-refractivity contribution is 7.87. The number of aromatic nitrogens is 4. The van der Waals surface area contributed by atoms with E-state index in [-0.39, 0.29) is 43.5 Å². The van der Waals surface area contributed by atoms with Crippen molar-refractivity contribution < 1.29 is 26.5 Å². The summed E-state index contributed by atoms with van der Waals surface area (Å²) in [5.74, 6) is -0.543. The van der Waals surface area contributed by atoms with Crippen molar-refractivity contribution in [2.45, 2.75) is 64.9 Å². The minimum absolute atomic E-state index is 0.0161. The molecule has 5 aromatic rings. The molecule has 2 heterocycles. The second-order valence-electron chi connectivity index (χ2n) is 12.4. The van der Waals surface area contributed by atoms with E-state index in [9.17, 15) is 18.0 Å². The molecule has 0 saturated carbocycles. The van der Waals surface area contributed by atoms with Crippen LogP contribution in [-0.4, -0.2) is 39.9 Å². The summed E-state index contributed by atoms with van der Waals surface area (Å²) in [5.41, 5.74) is 1.38. The third-order valence-electron chi connectivity index (χ3n) is 6.85. The molecule has 0 bridgehead atoms. The number of hydrogen-bond acceptors (Lipinski definition) is 9. The van der Waals surface area contributed by atoms with Crippen molar-refractivity contribution in [2.24, 2.45) is 7.05 Å². The Morgan fingerprint density at radius 1 is 0.900 bits per heavy atom. The first kappa shape index (κ1) is 39.0. The van der Waals surface area contributed by atoms with Crippen LogP contribution in [0.4, 0.5) is 0 Å². The highest BCUT2D eigenvalue weighted by atomic mass is 35.5. The van der Waals surface area contributed by atoms with Crippen LogP contribution in [0.25, 0.3) is 5.69 Å². The molecule has 50 heavy (non-hydrogen) atoms. The monoisotopic (exact) mass is 782 g/mol. The molecule has 0 N–H and O–H groups in total. The highest BCUT2D eigenvalue weighted by Crippen LogP contribution is 2.34. The van der Waals surface area contributed by atoms with Crippen LogP contribution in [0.15, 0.2) is 68.7 Å². The molecule has 0 spiro atoms. The molecule has 0 amide bonds. The topological polar surface area (TPSA) is 136 Å². The normalized spacial score (nSPS) is 11.7. The molecule has 3 aromatic carbocycles. The second-order valence-corrected chi connectivity index (χ2v) is 15.6. The molecule has 2 aromatic heterocycles. The van der Waals surface area contributed by atoms with Crippen LogP contribution in [0.5, 0.6) is 11.6 Å². The van der Waals surface area contributed by atoms with E-state index in [0.29, 0.717) is 33.1 Å². The van der Waals surface area contributed by atoms with Crippen molar-refractivity contribution in [2.75, 3.05) is 0 Å². The zero-order chi connectivity index (χ0) is 37.3. The predicted molar refractivity (Wildman–Crippen MR) is 193 cm³/mol. The van der Waals surface area contributed by atoms with Gasteiger partial charge < -0.3 is 13.3 Å². The van der Waals surface area contributed by atoms with Crippen molar-refractivity contribution in [1.29, 1.82) is 0 Å². The fourth-order valence-corrected chi connectivity index (χ4v) is 6.38. The predicted octanol–water partition coefficient (Wildman–Crippen LogP) is 8.56. The van der Waals surface area contributed by atoms with Crippen LogP contribution in [0.2, 0.25) is 20.1 Å². The van der Waals surface area contributed by atoms with E-state index in [2.05, 4.69) is 10.2 Å². The number of carbonyl (C=O) groups excluding carboxylic acids is 1. The third kappa shape index (κ3) is 8.91. The van der Waals surface area contributed by atoms with E-state index in [1.807, 2.05) is 41.5 Å². The van der Waals surface area contributed by atoms with Gasteiger partial charge in [-0.05, 0) is 64.1 Å². The minimum atomic E-state index is -4.16. The van der Waals surface area contributed by atoms with E-state index in [1.165, 1.54) is 48.1 Å². The van der Waals surface area contributed by atoms with Crippen molar-refractivity contribution in [1.82, 2.24) is 19.6 Å². The van der Waals surface area contributed by atoms with Gasteiger partial charge in [-0.2, -0.15) is 18.2 Å². The van der Waals surface area contributed by atoms with Gasteiger partial charge in [0.05, 0.1) is 32.6 Å². The molecule has 0 aliphatic carbocycles. The third-order valence-corrected chi connectivity index (χ3v) is 9.22. The summed E-state index contributed by atoms with van der Waals surface area (Å²) < 4.78 is 43.8. The largest absolute Gasteiger partial charge is 0.489 e. The molecule has 0 aliphatic rings. The molecule has 0 fully saturated rings. The van der Waals surface area contributed by atoms with Crippen LogP contribution in [0.3, 0.4) is 0 Å². The van der Waals surface area contributed by atoms with Crippen molar-refractivity contribution in [3.05, 3.63) is 114 Å². The standard InChI is InChI=1S/C19H16Cl2N2O4S.C15H18Cl2N2O3/c1-11-4-7-14(8-5-11)28(25,26)27-19-17(12(2)22-23(19)3)18(24)15-9-6-13(20)10-16(15)21;1-8(2)21-12-7-11(9(16)6-10(12)17)19-14(20)22-13(18-19)15(3,4)5/h4-10H,1-3H3;6-8H,1-5H3. The van der Waals surface area contributed by atoms with Crippen LogP contribution in [-0.2, 0) is 22.6 Å². The summed E-state index contributed by atoms with van der Waals surface area (Å²) in [7, 11) is -2.67. The number of aryl methyl sites for hydroxylation is 3. The molecular formula is C34H34Cl4N4O7S. The number of rotatable bonds is 8. The van der Waals surface area contributed by atoms with Gasteiger partial charge in [-0.15, -0.1) is 5.10 Å². The number of benzene rings is 3. The van der Waals surface area contributed by atoms with Crippen LogP contribution >= 0.6 is 46.4 Å². The Balaban J connectivity index is 0.000000232. The van der Waals surface area contributed by atoms with Crippen LogP contribution in [0.1, 0.15) is 67.7 Å². The Morgan fingerprint density at radius 2 is 1.54 bits per heavy atom. The van der Waals surface area contributed by atoms with Gasteiger partial charge in [0.2, 0.25) is 17.6 Å². The lowest BCUT2D eigenvalue weighted by Gasteiger charge is -2.13. The molecule has 0 radical (unpaired) electrons. The Labute approximate surface area is 309 Å². The zero-order valence-corrected chi connectivity index (χ0v) is 32.2. The second kappa shape index (κ2) is 15.2. The van der Waals surface area contributed by atoms with Crippen molar-refractivity contribution in [3.8, 4) is 17.3 Å². The summed E-state index contributed by atoms with van der Waals surface area (Å²) in [4.78, 5) is 25.1. The average molecular weight is 785 g/mol. The molecule has 0 saturated heterocycles. The lowest BCUT2D eigenvalue weighted by molar-refractivity contribution is 0.103. The smallest absolute Gasteiger partial charge is 0.442 e. The fourth-order valence-electron chi connectivity index (χ4n) is 4.42. The summed E-state index contributed by atoms with van der Waals surface area (Å²) >= 11 is 24.3. The molecule has 0 atom stereocenters. The van der Waals surface area contributed by atoms with Gasteiger partial charge in [0.25, 0.3) is 0 Å². The zero-order valence-electron chi connectivity index (χ0n) is 28.3. The Hall–Kier alpha value is -3.81. The van der Waals surface area contributed by atoms with E-state index < -0.39 is 21.7 Å². The highest BCUT2D eigenvalue weighted by Gasteiger charge is 2.29. The summed E-state index contributed by atoms with van der Waals surface area (Å²) in [6.07, 6.45) is -0.0642. The maximum absolute atomic E-state index is 13.0. The van der Waals surface area contributed by atoms with Crippen LogP contribution < -0.4 is 14.7 Å². The van der Waals surface area contributed by atoms with Crippen molar-refractivity contribution in [3.63, 3.8) is 0 Å². The van der Waals surface area contributed by atoms with E-state index >= 15 is 0 Å². The lowest BCUT2D eigenvalue weighted by atomic mass is 9.97. The number of halogens is 4. The summed E-state index contributed by atoms with van der Waals surface area (Å²) in [5, 5.41) is 9.53. The van der Waals surface area contributed by atoms with Gasteiger partial charge in [0.15, 0.2) is 0 Å². The van der Waals surface area contributed by atoms with E-state index in [4.69, 9.17) is 59.7 Å². The van der Waals surface area contributed by atoms with Gasteiger partial charge in [0.1, 0.15) is 16.2 Å². The number of carbonyl (C=O) groups is 1. The summed E-state index contributed by atoms with van der Waals surface area (Å²) in [6, 6.07) is 13.7. The Bertz CT molecular complexity index is 2220. The SMILES string of the molecule is CC(C)Oc1cc(-n2nc(C(C)(C)C)oc2=O)c(Cl)cc1Cl.Cc1ccc(S(=O)(=O)Oc2c(C(=O)c3ccc(Cl)cc3Cl)c(C)nn2C)cc1. The lowest BCUT2D eigenvalue weighted by Crippen LogP contribution is -2.15. The quantitative estimate of drug-likeness (QED) is 0.112. The molecule has 5 rings (SSSR count). The van der Waals surface area contributed by atoms with Gasteiger partial charge >= 0.3 is 15.9 Å². The summed E-state index contributed by atoms with van der Waals surface area (Å²) in [6.45, 7) is 12.9. The average Bonchev–Trinajstić information content (AvgIpc) is 3.52. The van der Waals surface area contributed by atoms with E-state index in [1.54, 1.807) is 25.1 Å². The van der Waals surface area contributed by atoms with E-state index in [0.717, 1.165) is 10.2 Å². The van der Waals surface area contributed by atoms with Crippen LogP contribution in [0, 0.1) is 13.8 Å². The molecule has 0 unspecified atom stereocenters. The first-order valence-electron chi connectivity index (χ1n) is 15.0. The van der Waals surface area contributed by atoms with Gasteiger partial charge in [0, 0.05) is 29.1 Å². The van der Waals surface area contributed by atoms with Crippen molar-refractivity contribution >= 4 is 62.3 Å². The molecule has 16 heteroatoms.